The third kappa shape index (κ3) is 3.79. The molecule has 0 aliphatic rings. The van der Waals surface area contributed by atoms with Crippen LogP contribution in [0.1, 0.15) is 5.56 Å². The number of ether oxygens (including phenoxy) is 1. The number of rotatable bonds is 4. The first-order valence-corrected chi connectivity index (χ1v) is 5.19. The van der Waals surface area contributed by atoms with Gasteiger partial charge in [0.25, 0.3) is 0 Å². The van der Waals surface area contributed by atoms with E-state index in [0.717, 1.165) is 16.1 Å². The molecular formula is C12H9BrO3. The highest BCUT2D eigenvalue weighted by Crippen LogP contribution is 2.26. The highest BCUT2D eigenvalue weighted by molar-refractivity contribution is 9.10. The fourth-order valence-corrected chi connectivity index (χ4v) is 1.54. The Morgan fingerprint density at radius 2 is 2.38 bits per heavy atom. The number of hydrogen-bond donors (Lipinski definition) is 1. The van der Waals surface area contributed by atoms with E-state index in [1.807, 2.05) is 0 Å². The number of halogens is 1. The lowest BCUT2D eigenvalue weighted by Gasteiger charge is -2.05. The topological polar surface area (TPSA) is 46.5 Å². The second-order valence-corrected chi connectivity index (χ2v) is 3.71. The number of hydrogen-bond acceptors (Lipinski definition) is 2. The van der Waals surface area contributed by atoms with E-state index in [2.05, 4.69) is 21.9 Å². The van der Waals surface area contributed by atoms with Crippen molar-refractivity contribution in [2.45, 2.75) is 0 Å². The van der Waals surface area contributed by atoms with Gasteiger partial charge in [0.15, 0.2) is 0 Å². The van der Waals surface area contributed by atoms with E-state index in [9.17, 15) is 4.79 Å². The number of terminal acetylenes is 1. The monoisotopic (exact) mass is 280 g/mol. The Morgan fingerprint density at radius 1 is 1.62 bits per heavy atom. The van der Waals surface area contributed by atoms with Gasteiger partial charge in [-0.3, -0.25) is 0 Å². The fourth-order valence-electron chi connectivity index (χ4n) is 1.02. The molecule has 0 spiro atoms. The van der Waals surface area contributed by atoms with Gasteiger partial charge in [0, 0.05) is 6.08 Å². The molecule has 0 unspecified atom stereocenters. The summed E-state index contributed by atoms with van der Waals surface area (Å²) in [6, 6.07) is 5.23. The molecule has 0 atom stereocenters. The summed E-state index contributed by atoms with van der Waals surface area (Å²) in [5.41, 5.74) is 0.766. The number of carboxylic acid groups (broad SMARTS) is 1. The lowest BCUT2D eigenvalue weighted by atomic mass is 10.2. The van der Waals surface area contributed by atoms with Crippen LogP contribution in [0.2, 0.25) is 0 Å². The van der Waals surface area contributed by atoms with Crippen LogP contribution in [0.4, 0.5) is 0 Å². The van der Waals surface area contributed by atoms with Crippen molar-refractivity contribution in [1.29, 1.82) is 0 Å². The van der Waals surface area contributed by atoms with Gasteiger partial charge in [0.05, 0.1) is 4.47 Å². The van der Waals surface area contributed by atoms with E-state index in [-0.39, 0.29) is 6.61 Å². The molecule has 0 radical (unpaired) electrons. The van der Waals surface area contributed by atoms with Crippen molar-refractivity contribution < 1.29 is 14.6 Å². The van der Waals surface area contributed by atoms with E-state index < -0.39 is 5.97 Å². The molecule has 0 saturated heterocycles. The normalized spacial score (nSPS) is 10.0. The minimum Gasteiger partial charge on any atom is -0.480 e. The molecule has 82 valence electrons. The zero-order chi connectivity index (χ0) is 12.0. The predicted molar refractivity (Wildman–Crippen MR) is 65.1 cm³/mol. The number of aliphatic carboxylic acids is 1. The van der Waals surface area contributed by atoms with Gasteiger partial charge in [0.1, 0.15) is 12.4 Å². The summed E-state index contributed by atoms with van der Waals surface area (Å²) < 4.78 is 5.97. The van der Waals surface area contributed by atoms with Crippen LogP contribution in [0, 0.1) is 12.3 Å². The Morgan fingerprint density at radius 3 is 2.94 bits per heavy atom. The average Bonchev–Trinajstić information content (AvgIpc) is 2.25. The Hall–Kier alpha value is -1.73. The Labute approximate surface area is 102 Å². The smallest absolute Gasteiger partial charge is 0.328 e. The molecule has 4 heteroatoms. The van der Waals surface area contributed by atoms with Crippen molar-refractivity contribution in [3.8, 4) is 18.1 Å². The van der Waals surface area contributed by atoms with E-state index in [1.54, 1.807) is 18.2 Å². The second-order valence-electron chi connectivity index (χ2n) is 2.85. The van der Waals surface area contributed by atoms with Crippen molar-refractivity contribution in [2.75, 3.05) is 6.61 Å². The van der Waals surface area contributed by atoms with Crippen LogP contribution < -0.4 is 4.74 Å². The number of benzene rings is 1. The summed E-state index contributed by atoms with van der Waals surface area (Å²) in [5, 5.41) is 8.47. The highest BCUT2D eigenvalue weighted by atomic mass is 79.9. The third-order valence-corrected chi connectivity index (χ3v) is 2.31. The molecule has 0 amide bonds. The number of carboxylic acids is 1. The maximum absolute atomic E-state index is 10.3. The van der Waals surface area contributed by atoms with Crippen molar-refractivity contribution in [1.82, 2.24) is 0 Å². The molecule has 0 aliphatic heterocycles. The number of carbonyl (C=O) groups is 1. The maximum Gasteiger partial charge on any atom is 0.328 e. The molecule has 1 aromatic rings. The van der Waals surface area contributed by atoms with Gasteiger partial charge in [-0.1, -0.05) is 12.0 Å². The van der Waals surface area contributed by atoms with E-state index >= 15 is 0 Å². The molecule has 1 N–H and O–H groups in total. The summed E-state index contributed by atoms with van der Waals surface area (Å²) in [6.07, 6.45) is 7.64. The first-order chi connectivity index (χ1) is 7.63. The van der Waals surface area contributed by atoms with Crippen molar-refractivity contribution in [2.24, 2.45) is 0 Å². The van der Waals surface area contributed by atoms with Crippen molar-refractivity contribution in [3.63, 3.8) is 0 Å². The Kier molecular flexibility index (Phi) is 4.62. The van der Waals surface area contributed by atoms with Gasteiger partial charge in [-0.05, 0) is 39.7 Å². The molecule has 0 saturated carbocycles. The molecule has 16 heavy (non-hydrogen) atoms. The zero-order valence-electron chi connectivity index (χ0n) is 8.31. The second kappa shape index (κ2) is 5.99. The first kappa shape index (κ1) is 12.3. The molecule has 0 fully saturated rings. The lowest BCUT2D eigenvalue weighted by Crippen LogP contribution is -1.94. The summed E-state index contributed by atoms with van der Waals surface area (Å²) in [6.45, 7) is 0.197. The van der Waals surface area contributed by atoms with Gasteiger partial charge >= 0.3 is 5.97 Å². The maximum atomic E-state index is 10.3. The SMILES string of the molecule is C#CCOc1ccc(C=CC(=O)O)cc1Br. The lowest BCUT2D eigenvalue weighted by molar-refractivity contribution is -0.131. The molecule has 0 bridgehead atoms. The van der Waals surface area contributed by atoms with Crippen LogP contribution in [0.5, 0.6) is 5.75 Å². The van der Waals surface area contributed by atoms with Gasteiger partial charge < -0.3 is 9.84 Å². The van der Waals surface area contributed by atoms with Gasteiger partial charge in [-0.2, -0.15) is 0 Å². The van der Waals surface area contributed by atoms with Crippen molar-refractivity contribution >= 4 is 28.0 Å². The molecule has 1 rings (SSSR count). The van der Waals surface area contributed by atoms with Crippen LogP contribution in [0.3, 0.4) is 0 Å². The van der Waals surface area contributed by atoms with Crippen molar-refractivity contribution in [3.05, 3.63) is 34.3 Å². The van der Waals surface area contributed by atoms with Crippen LogP contribution >= 0.6 is 15.9 Å². The summed E-state index contributed by atoms with van der Waals surface area (Å²) in [5.74, 6) is 2.01. The van der Waals surface area contributed by atoms with Crippen LogP contribution in [-0.4, -0.2) is 17.7 Å². The first-order valence-electron chi connectivity index (χ1n) is 4.40. The fraction of sp³-hybridized carbons (Fsp3) is 0.0833. The van der Waals surface area contributed by atoms with Crippen LogP contribution in [-0.2, 0) is 4.79 Å². The van der Waals surface area contributed by atoms with Gasteiger partial charge in [-0.25, -0.2) is 4.79 Å². The Bertz CT molecular complexity index is 458. The molecule has 0 aliphatic carbocycles. The van der Waals surface area contributed by atoms with Gasteiger partial charge in [0.2, 0.25) is 0 Å². The minimum absolute atomic E-state index is 0.197. The van der Waals surface area contributed by atoms with Crippen LogP contribution in [0.25, 0.3) is 6.08 Å². The minimum atomic E-state index is -0.983. The highest BCUT2D eigenvalue weighted by Gasteiger charge is 2.00. The summed E-state index contributed by atoms with van der Waals surface area (Å²) in [4.78, 5) is 10.3. The van der Waals surface area contributed by atoms with E-state index in [4.69, 9.17) is 16.3 Å². The molecule has 3 nitrogen and oxygen atoms in total. The summed E-state index contributed by atoms with van der Waals surface area (Å²) >= 11 is 3.31. The molecule has 0 heterocycles. The molecule has 0 aromatic heterocycles. The van der Waals surface area contributed by atoms with Gasteiger partial charge in [-0.15, -0.1) is 6.42 Å². The summed E-state index contributed by atoms with van der Waals surface area (Å²) in [7, 11) is 0. The average molecular weight is 281 g/mol. The van der Waals surface area contributed by atoms with E-state index in [1.165, 1.54) is 6.08 Å². The molecule has 1 aromatic carbocycles. The quantitative estimate of drug-likeness (QED) is 0.681. The zero-order valence-corrected chi connectivity index (χ0v) is 9.90. The largest absolute Gasteiger partial charge is 0.480 e. The van der Waals surface area contributed by atoms with Crippen LogP contribution in [0.15, 0.2) is 28.7 Å². The van der Waals surface area contributed by atoms with E-state index in [0.29, 0.717) is 5.75 Å². The Balaban J connectivity index is 2.83. The predicted octanol–water partition coefficient (Wildman–Crippen LogP) is 2.56. The standard InChI is InChI=1S/C12H9BrO3/c1-2-7-16-11-5-3-9(8-10(11)13)4-6-12(14)15/h1,3-6,8H,7H2,(H,14,15). The molecular weight excluding hydrogens is 272 g/mol. The third-order valence-electron chi connectivity index (χ3n) is 1.69.